The molecule has 17 heavy (non-hydrogen) atoms. The Morgan fingerprint density at radius 2 is 1.76 bits per heavy atom. The van der Waals surface area contributed by atoms with E-state index in [2.05, 4.69) is 18.2 Å². The molecular weight excluding hydrogens is 208 g/mol. The van der Waals surface area contributed by atoms with E-state index >= 15 is 0 Å². The van der Waals surface area contributed by atoms with Crippen LogP contribution in [0.1, 0.15) is 62.4 Å². The van der Waals surface area contributed by atoms with Crippen LogP contribution in [0.3, 0.4) is 0 Å². The number of carbonyl (C=O) groups is 1. The van der Waals surface area contributed by atoms with Crippen LogP contribution in [0.25, 0.3) is 5.57 Å². The van der Waals surface area contributed by atoms with E-state index in [0.29, 0.717) is 0 Å². The lowest BCUT2D eigenvalue weighted by Crippen LogP contribution is -1.92. The fourth-order valence-electron chi connectivity index (χ4n) is 2.20. The highest BCUT2D eigenvalue weighted by atomic mass is 16.1. The normalized spacial score (nSPS) is 15.5. The minimum Gasteiger partial charge on any atom is -0.295 e. The zero-order valence-electron chi connectivity index (χ0n) is 9.83. The molecule has 0 N–H and O–H groups in total. The average Bonchev–Trinajstić information content (AvgIpc) is 2.57. The molecule has 92 valence electrons. The molecule has 1 heteroatoms. The monoisotopic (exact) mass is 230 g/mol. The van der Waals surface area contributed by atoms with Crippen molar-refractivity contribution in [1.29, 1.82) is 0 Å². The molecule has 1 aliphatic rings. The average molecular weight is 230 g/mol. The molecule has 0 spiro atoms. The van der Waals surface area contributed by atoms with Gasteiger partial charge in [-0.25, -0.2) is 0 Å². The van der Waals surface area contributed by atoms with Gasteiger partial charge in [-0.3, -0.25) is 4.79 Å². The molecule has 0 amide bonds. The van der Waals surface area contributed by atoms with E-state index in [-0.39, 0.29) is 13.2 Å². The molecule has 0 saturated carbocycles. The van der Waals surface area contributed by atoms with Gasteiger partial charge in [-0.05, 0) is 43.7 Å². The van der Waals surface area contributed by atoms with Gasteiger partial charge in [-0.1, -0.05) is 44.2 Å². The first-order chi connectivity index (χ1) is 7.77. The minimum atomic E-state index is 0. The van der Waals surface area contributed by atoms with Gasteiger partial charge in [-0.15, -0.1) is 0 Å². The molecule has 1 aliphatic carbocycles. The van der Waals surface area contributed by atoms with Crippen molar-refractivity contribution >= 4 is 11.4 Å². The summed E-state index contributed by atoms with van der Waals surface area (Å²) in [6.45, 7) is 1.61. The predicted molar refractivity (Wildman–Crippen MR) is 74.2 cm³/mol. The molecule has 0 radical (unpaired) electrons. The molecule has 1 aromatic rings. The van der Waals surface area contributed by atoms with Crippen LogP contribution in [0.2, 0.25) is 0 Å². The summed E-state index contributed by atoms with van der Waals surface area (Å²) in [4.78, 5) is 11.2. The molecule has 0 aliphatic heterocycles. The third-order valence-corrected chi connectivity index (χ3v) is 3.20. The summed E-state index contributed by atoms with van der Waals surface area (Å²) in [7, 11) is 0. The SMILES string of the molecule is C.CC(=O)c1ccc(C2=CCCCCC2)cc1. The van der Waals surface area contributed by atoms with Crippen LogP contribution >= 0.6 is 0 Å². The van der Waals surface area contributed by atoms with E-state index in [1.807, 2.05) is 12.1 Å². The van der Waals surface area contributed by atoms with Gasteiger partial charge in [0.25, 0.3) is 0 Å². The maximum atomic E-state index is 11.2. The van der Waals surface area contributed by atoms with Gasteiger partial charge in [0.1, 0.15) is 0 Å². The lowest BCUT2D eigenvalue weighted by Gasteiger charge is -2.06. The first-order valence-electron chi connectivity index (χ1n) is 6.08. The lowest BCUT2D eigenvalue weighted by molar-refractivity contribution is 0.101. The van der Waals surface area contributed by atoms with Crippen molar-refractivity contribution < 1.29 is 4.79 Å². The summed E-state index contributed by atoms with van der Waals surface area (Å²) in [5, 5.41) is 0. The van der Waals surface area contributed by atoms with E-state index in [9.17, 15) is 4.79 Å². The van der Waals surface area contributed by atoms with Crippen LogP contribution in [0.5, 0.6) is 0 Å². The summed E-state index contributed by atoms with van der Waals surface area (Å²) >= 11 is 0. The van der Waals surface area contributed by atoms with Crippen molar-refractivity contribution in [1.82, 2.24) is 0 Å². The number of allylic oxidation sites excluding steroid dienone is 2. The zero-order valence-corrected chi connectivity index (χ0v) is 9.83. The van der Waals surface area contributed by atoms with Gasteiger partial charge in [-0.2, -0.15) is 0 Å². The Morgan fingerprint density at radius 1 is 1.06 bits per heavy atom. The van der Waals surface area contributed by atoms with E-state index in [1.54, 1.807) is 6.92 Å². The summed E-state index contributed by atoms with van der Waals surface area (Å²) < 4.78 is 0. The smallest absolute Gasteiger partial charge is 0.159 e. The summed E-state index contributed by atoms with van der Waals surface area (Å²) in [6, 6.07) is 8.02. The molecule has 2 rings (SSSR count). The third-order valence-electron chi connectivity index (χ3n) is 3.20. The van der Waals surface area contributed by atoms with Crippen LogP contribution in [-0.2, 0) is 0 Å². The van der Waals surface area contributed by atoms with Crippen molar-refractivity contribution in [3.8, 4) is 0 Å². The highest BCUT2D eigenvalue weighted by Gasteiger charge is 2.06. The first kappa shape index (κ1) is 13.7. The Bertz CT molecular complexity index is 398. The maximum absolute atomic E-state index is 11.2. The van der Waals surface area contributed by atoms with Crippen LogP contribution in [0.15, 0.2) is 30.3 Å². The number of benzene rings is 1. The highest BCUT2D eigenvalue weighted by molar-refractivity contribution is 5.94. The Morgan fingerprint density at radius 3 is 2.41 bits per heavy atom. The molecule has 0 atom stereocenters. The van der Waals surface area contributed by atoms with Crippen LogP contribution in [0, 0.1) is 0 Å². The number of rotatable bonds is 2. The number of hydrogen-bond donors (Lipinski definition) is 0. The standard InChI is InChI=1S/C15H18O.CH4/c1-12(16)13-8-10-15(11-9-13)14-6-4-2-3-5-7-14;/h6,8-11H,2-5,7H2,1H3;1H4. The first-order valence-corrected chi connectivity index (χ1v) is 6.08. The van der Waals surface area contributed by atoms with Gasteiger partial charge < -0.3 is 0 Å². The van der Waals surface area contributed by atoms with E-state index in [0.717, 1.165) is 5.56 Å². The minimum absolute atomic E-state index is 0. The molecule has 0 heterocycles. The molecule has 0 aromatic heterocycles. The van der Waals surface area contributed by atoms with Crippen LogP contribution in [0.4, 0.5) is 0 Å². The predicted octanol–water partition coefficient (Wildman–Crippen LogP) is 4.87. The second-order valence-electron chi connectivity index (χ2n) is 4.46. The fourth-order valence-corrected chi connectivity index (χ4v) is 2.20. The Balaban J connectivity index is 0.00000144. The van der Waals surface area contributed by atoms with Gasteiger partial charge >= 0.3 is 0 Å². The molecule has 0 saturated heterocycles. The number of ketones is 1. The maximum Gasteiger partial charge on any atom is 0.159 e. The van der Waals surface area contributed by atoms with Crippen molar-refractivity contribution in [2.75, 3.05) is 0 Å². The molecular formula is C16H22O. The molecule has 1 aromatic carbocycles. The van der Waals surface area contributed by atoms with Crippen molar-refractivity contribution in [3.05, 3.63) is 41.5 Å². The molecule has 0 unspecified atom stereocenters. The highest BCUT2D eigenvalue weighted by Crippen LogP contribution is 2.26. The molecule has 0 bridgehead atoms. The summed E-state index contributed by atoms with van der Waals surface area (Å²) in [5.41, 5.74) is 3.54. The van der Waals surface area contributed by atoms with Gasteiger partial charge in [0, 0.05) is 5.56 Å². The molecule has 0 fully saturated rings. The second-order valence-corrected chi connectivity index (χ2v) is 4.46. The third kappa shape index (κ3) is 3.55. The van der Waals surface area contributed by atoms with Crippen molar-refractivity contribution in [2.24, 2.45) is 0 Å². The van der Waals surface area contributed by atoms with Crippen molar-refractivity contribution in [2.45, 2.75) is 46.5 Å². The van der Waals surface area contributed by atoms with Crippen LogP contribution in [-0.4, -0.2) is 5.78 Å². The van der Waals surface area contributed by atoms with Crippen LogP contribution < -0.4 is 0 Å². The topological polar surface area (TPSA) is 17.1 Å². The van der Waals surface area contributed by atoms with Gasteiger partial charge in [0.15, 0.2) is 5.78 Å². The largest absolute Gasteiger partial charge is 0.295 e. The number of hydrogen-bond acceptors (Lipinski definition) is 1. The van der Waals surface area contributed by atoms with E-state index in [1.165, 1.54) is 43.2 Å². The summed E-state index contributed by atoms with van der Waals surface area (Å²) in [5.74, 6) is 0.140. The number of Topliss-reactive ketones (excluding diaryl/α,β-unsaturated/α-hetero) is 1. The molecule has 1 nitrogen and oxygen atoms in total. The fraction of sp³-hybridized carbons (Fsp3) is 0.438. The summed E-state index contributed by atoms with van der Waals surface area (Å²) in [6.07, 6.45) is 8.68. The Labute approximate surface area is 105 Å². The van der Waals surface area contributed by atoms with E-state index < -0.39 is 0 Å². The Hall–Kier alpha value is -1.37. The Kier molecular flexibility index (Phi) is 5.14. The van der Waals surface area contributed by atoms with E-state index in [4.69, 9.17) is 0 Å². The van der Waals surface area contributed by atoms with Gasteiger partial charge in [0.2, 0.25) is 0 Å². The zero-order chi connectivity index (χ0) is 11.4. The lowest BCUT2D eigenvalue weighted by atomic mass is 9.99. The quantitative estimate of drug-likeness (QED) is 0.662. The second kappa shape index (κ2) is 6.39. The number of carbonyl (C=O) groups excluding carboxylic acids is 1. The van der Waals surface area contributed by atoms with Crippen molar-refractivity contribution in [3.63, 3.8) is 0 Å². The van der Waals surface area contributed by atoms with Gasteiger partial charge in [0.05, 0.1) is 0 Å².